The Balaban J connectivity index is 1.69. The molecular weight excluding hydrogens is 385 g/mol. The number of hydrogen-bond acceptors (Lipinski definition) is 4. The van der Waals surface area contributed by atoms with Crippen LogP contribution in [-0.2, 0) is 23.8 Å². The molecule has 158 valence electrons. The van der Waals surface area contributed by atoms with Gasteiger partial charge in [0.1, 0.15) is 6.61 Å². The zero-order valence-electron chi connectivity index (χ0n) is 16.2. The summed E-state index contributed by atoms with van der Waals surface area (Å²) in [4.78, 5) is 11.0. The third-order valence-electron chi connectivity index (χ3n) is 4.22. The molecule has 0 atom stereocenters. The molecule has 0 spiro atoms. The summed E-state index contributed by atoms with van der Waals surface area (Å²) < 4.78 is 49.1. The maximum absolute atomic E-state index is 12.7. The molecule has 0 aliphatic heterocycles. The number of hydrogen-bond donors (Lipinski definition) is 2. The lowest BCUT2D eigenvalue weighted by atomic mass is 10.1. The zero-order valence-corrected chi connectivity index (χ0v) is 16.2. The number of benzene rings is 2. The van der Waals surface area contributed by atoms with Crippen molar-refractivity contribution < 1.29 is 27.4 Å². The predicted octanol–water partition coefficient (Wildman–Crippen LogP) is 3.34. The van der Waals surface area contributed by atoms with Crippen molar-refractivity contribution in [3.05, 3.63) is 59.2 Å². The number of alkyl halides is 3. The van der Waals surface area contributed by atoms with Crippen molar-refractivity contribution in [1.29, 1.82) is 0 Å². The quantitative estimate of drug-likeness (QED) is 0.558. The van der Waals surface area contributed by atoms with E-state index in [2.05, 4.69) is 5.32 Å². The second kappa shape index (κ2) is 10.7. The van der Waals surface area contributed by atoms with E-state index in [1.165, 1.54) is 19.2 Å². The summed E-state index contributed by atoms with van der Waals surface area (Å²) in [6.45, 7) is 1.64. The van der Waals surface area contributed by atoms with Gasteiger partial charge in [0.15, 0.2) is 11.5 Å². The normalized spacial score (nSPS) is 11.3. The van der Waals surface area contributed by atoms with Gasteiger partial charge in [0.2, 0.25) is 5.91 Å². The van der Waals surface area contributed by atoms with Crippen molar-refractivity contribution in [2.45, 2.75) is 25.4 Å². The zero-order chi connectivity index (χ0) is 21.3. The van der Waals surface area contributed by atoms with E-state index in [0.29, 0.717) is 49.6 Å². The lowest BCUT2D eigenvalue weighted by molar-refractivity contribution is -0.137. The summed E-state index contributed by atoms with van der Waals surface area (Å²) >= 11 is 0. The highest BCUT2D eigenvalue weighted by atomic mass is 19.4. The lowest BCUT2D eigenvalue weighted by Crippen LogP contribution is -2.22. The molecule has 0 saturated carbocycles. The minimum absolute atomic E-state index is 0.129. The van der Waals surface area contributed by atoms with Crippen LogP contribution in [0.2, 0.25) is 0 Å². The van der Waals surface area contributed by atoms with Gasteiger partial charge in [-0.1, -0.05) is 24.3 Å². The predicted molar refractivity (Wildman–Crippen MR) is 104 cm³/mol. The Morgan fingerprint density at radius 1 is 1.07 bits per heavy atom. The van der Waals surface area contributed by atoms with Crippen molar-refractivity contribution in [1.82, 2.24) is 5.32 Å². The number of nitrogens with two attached hydrogens (primary N) is 1. The van der Waals surface area contributed by atoms with Gasteiger partial charge >= 0.3 is 6.18 Å². The molecule has 0 aliphatic carbocycles. The van der Waals surface area contributed by atoms with Crippen LogP contribution in [0.15, 0.2) is 42.5 Å². The van der Waals surface area contributed by atoms with Gasteiger partial charge in [-0.3, -0.25) is 4.79 Å². The second-order valence-electron chi connectivity index (χ2n) is 6.53. The monoisotopic (exact) mass is 410 g/mol. The maximum atomic E-state index is 12.7. The molecule has 5 nitrogen and oxygen atoms in total. The summed E-state index contributed by atoms with van der Waals surface area (Å²) in [5, 5.41) is 3.20. The summed E-state index contributed by atoms with van der Waals surface area (Å²) in [7, 11) is 1.52. The first-order chi connectivity index (χ1) is 13.8. The van der Waals surface area contributed by atoms with Crippen LogP contribution < -0.4 is 20.5 Å². The van der Waals surface area contributed by atoms with Gasteiger partial charge in [-0.25, -0.2) is 0 Å². The minimum atomic E-state index is -4.31. The van der Waals surface area contributed by atoms with E-state index >= 15 is 0 Å². The number of primary amides is 1. The topological polar surface area (TPSA) is 73.6 Å². The third kappa shape index (κ3) is 7.65. The third-order valence-corrected chi connectivity index (χ3v) is 4.22. The van der Waals surface area contributed by atoms with Crippen LogP contribution in [0.5, 0.6) is 11.5 Å². The Morgan fingerprint density at radius 3 is 2.55 bits per heavy atom. The van der Waals surface area contributed by atoms with Crippen LogP contribution in [-0.4, -0.2) is 32.7 Å². The molecule has 0 unspecified atom stereocenters. The molecule has 0 heterocycles. The van der Waals surface area contributed by atoms with Gasteiger partial charge in [-0.2, -0.15) is 13.2 Å². The molecule has 2 aromatic carbocycles. The lowest BCUT2D eigenvalue weighted by Gasteiger charge is -2.12. The number of halogens is 3. The Bertz CT molecular complexity index is 810. The van der Waals surface area contributed by atoms with Gasteiger partial charge < -0.3 is 20.5 Å². The average Bonchev–Trinajstić information content (AvgIpc) is 2.67. The average molecular weight is 410 g/mol. The largest absolute Gasteiger partial charge is 0.493 e. The van der Waals surface area contributed by atoms with Crippen LogP contribution >= 0.6 is 0 Å². The Morgan fingerprint density at radius 2 is 1.86 bits per heavy atom. The van der Waals surface area contributed by atoms with Crippen LogP contribution in [0, 0.1) is 0 Å². The van der Waals surface area contributed by atoms with Crippen LogP contribution in [0.4, 0.5) is 13.2 Å². The molecule has 3 N–H and O–H groups in total. The number of rotatable bonds is 11. The standard InChI is InChI=1S/C21H25F3N2O3/c1-28-19-13-16(14-20(25)27)7-8-18(19)29-11-10-26-9-3-5-15-4-2-6-17(12-15)21(22,23)24/h2,4,6-8,12-13,26H,3,5,9-11,14H2,1H3,(H2,25,27). The van der Waals surface area contributed by atoms with Crippen molar-refractivity contribution in [3.63, 3.8) is 0 Å². The van der Waals surface area contributed by atoms with Gasteiger partial charge in [0, 0.05) is 6.54 Å². The van der Waals surface area contributed by atoms with E-state index in [0.717, 1.165) is 11.6 Å². The number of aryl methyl sites for hydroxylation is 1. The SMILES string of the molecule is COc1cc(CC(N)=O)ccc1OCCNCCCc1cccc(C(F)(F)F)c1. The number of carbonyl (C=O) groups excluding carboxylic acids is 1. The van der Waals surface area contributed by atoms with Crippen LogP contribution in [0.3, 0.4) is 0 Å². The Hall–Kier alpha value is -2.74. The molecule has 0 bridgehead atoms. The van der Waals surface area contributed by atoms with Crippen molar-refractivity contribution in [2.75, 3.05) is 26.8 Å². The van der Waals surface area contributed by atoms with Crippen molar-refractivity contribution >= 4 is 5.91 Å². The van der Waals surface area contributed by atoms with Crippen LogP contribution in [0.25, 0.3) is 0 Å². The van der Waals surface area contributed by atoms with E-state index in [1.807, 2.05) is 0 Å². The van der Waals surface area contributed by atoms with E-state index < -0.39 is 17.6 Å². The summed E-state index contributed by atoms with van der Waals surface area (Å²) in [5.41, 5.74) is 5.98. The molecule has 29 heavy (non-hydrogen) atoms. The fraction of sp³-hybridized carbons (Fsp3) is 0.381. The summed E-state index contributed by atoms with van der Waals surface area (Å²) in [5.74, 6) is 0.662. The van der Waals surface area contributed by atoms with Crippen LogP contribution in [0.1, 0.15) is 23.1 Å². The van der Waals surface area contributed by atoms with Crippen molar-refractivity contribution in [3.8, 4) is 11.5 Å². The van der Waals surface area contributed by atoms with E-state index in [-0.39, 0.29) is 6.42 Å². The molecule has 2 rings (SSSR count). The molecule has 0 aliphatic rings. The van der Waals surface area contributed by atoms with Gasteiger partial charge in [0.25, 0.3) is 0 Å². The first-order valence-corrected chi connectivity index (χ1v) is 9.24. The van der Waals surface area contributed by atoms with E-state index in [1.54, 1.807) is 24.3 Å². The first kappa shape index (κ1) is 22.5. The van der Waals surface area contributed by atoms with Gasteiger partial charge in [-0.05, 0) is 48.7 Å². The number of amides is 1. The molecular formula is C21H25F3N2O3. The number of carbonyl (C=O) groups is 1. The molecule has 1 amide bonds. The summed E-state index contributed by atoms with van der Waals surface area (Å²) in [6, 6.07) is 10.6. The highest BCUT2D eigenvalue weighted by Crippen LogP contribution is 2.30. The number of nitrogens with one attached hydrogen (secondary N) is 1. The number of methoxy groups -OCH3 is 1. The number of ether oxygens (including phenoxy) is 2. The smallest absolute Gasteiger partial charge is 0.416 e. The van der Waals surface area contributed by atoms with E-state index in [9.17, 15) is 18.0 Å². The maximum Gasteiger partial charge on any atom is 0.416 e. The Labute approximate surface area is 168 Å². The fourth-order valence-electron chi connectivity index (χ4n) is 2.82. The molecule has 8 heteroatoms. The van der Waals surface area contributed by atoms with Crippen molar-refractivity contribution in [2.24, 2.45) is 5.73 Å². The Kier molecular flexibility index (Phi) is 8.33. The summed E-state index contributed by atoms with van der Waals surface area (Å²) in [6.07, 6.45) is -2.91. The van der Waals surface area contributed by atoms with E-state index in [4.69, 9.17) is 15.2 Å². The molecule has 2 aromatic rings. The second-order valence-corrected chi connectivity index (χ2v) is 6.53. The highest BCUT2D eigenvalue weighted by molar-refractivity contribution is 5.76. The molecule has 0 fully saturated rings. The fourth-order valence-corrected chi connectivity index (χ4v) is 2.82. The molecule has 0 saturated heterocycles. The molecule has 0 aromatic heterocycles. The molecule has 0 radical (unpaired) electrons. The minimum Gasteiger partial charge on any atom is -0.493 e. The van der Waals surface area contributed by atoms with Gasteiger partial charge in [0.05, 0.1) is 19.1 Å². The highest BCUT2D eigenvalue weighted by Gasteiger charge is 2.30. The van der Waals surface area contributed by atoms with Gasteiger partial charge in [-0.15, -0.1) is 0 Å². The first-order valence-electron chi connectivity index (χ1n) is 9.24.